The van der Waals surface area contributed by atoms with Crippen molar-refractivity contribution >= 4 is 40.6 Å². The fourth-order valence-corrected chi connectivity index (χ4v) is 10.7. The first-order chi connectivity index (χ1) is 22.0. The maximum absolute atomic E-state index is 6.76. The topological polar surface area (TPSA) is 16.4 Å². The van der Waals surface area contributed by atoms with Gasteiger partial charge in [0.05, 0.1) is 0 Å². The molecule has 0 bridgehead atoms. The van der Waals surface area contributed by atoms with Crippen LogP contribution >= 0.6 is 7.92 Å². The molecule has 0 saturated heterocycles. The van der Waals surface area contributed by atoms with Crippen molar-refractivity contribution < 1.29 is 4.42 Å². The molecule has 1 aromatic heterocycles. The summed E-state index contributed by atoms with van der Waals surface area (Å²) in [5.74, 6) is 1.44. The molecule has 2 heterocycles. The standard InChI is InChI=1S/C42H38NOP/c1-29-21-26-34(30-22-24-33(25-23-30)45(32-17-9-5-10-18-32)42(2)27-13-6-14-28-42)37-38-35-19-11-12-20-36(35)44-41(38)40(43(3)39(29)37)31-15-7-4-8-16-31/h4-20,22-27,29,40H,21,28H2,1-3H3. The van der Waals surface area contributed by atoms with Crippen LogP contribution in [0.25, 0.3) is 22.1 Å². The number of allylic oxidation sites excluding steroid dienone is 8. The van der Waals surface area contributed by atoms with Gasteiger partial charge in [0.15, 0.2) is 0 Å². The second-order valence-electron chi connectivity index (χ2n) is 12.8. The fraction of sp³-hybridized carbons (Fsp3) is 0.190. The van der Waals surface area contributed by atoms with Gasteiger partial charge in [0.2, 0.25) is 0 Å². The summed E-state index contributed by atoms with van der Waals surface area (Å²) in [6, 6.07) is 40.1. The lowest BCUT2D eigenvalue weighted by atomic mass is 9.76. The molecule has 45 heavy (non-hydrogen) atoms. The summed E-state index contributed by atoms with van der Waals surface area (Å²) in [6.45, 7) is 4.80. The van der Waals surface area contributed by atoms with Crippen LogP contribution in [0, 0.1) is 5.92 Å². The molecule has 2 nitrogen and oxygen atoms in total. The van der Waals surface area contributed by atoms with Crippen molar-refractivity contribution in [1.29, 1.82) is 0 Å². The molecule has 0 radical (unpaired) electrons. The van der Waals surface area contributed by atoms with Crippen molar-refractivity contribution in [2.45, 2.75) is 37.9 Å². The highest BCUT2D eigenvalue weighted by molar-refractivity contribution is 7.74. The number of hydrogen-bond donors (Lipinski definition) is 0. The first-order valence-electron chi connectivity index (χ1n) is 16.1. The number of benzene rings is 4. The SMILES string of the molecule is CC1CC=C(c2ccc(P(c3ccccc3)C3(C)C=CC=CC3)cc2)C2=C1N(C)C(c1ccccc1)c1oc3ccccc3c12. The Morgan fingerprint density at radius 3 is 2.22 bits per heavy atom. The van der Waals surface area contributed by atoms with Crippen molar-refractivity contribution in [3.05, 3.63) is 168 Å². The largest absolute Gasteiger partial charge is 0.458 e. The molecule has 0 fully saturated rings. The monoisotopic (exact) mass is 603 g/mol. The van der Waals surface area contributed by atoms with E-state index in [-0.39, 0.29) is 11.2 Å². The van der Waals surface area contributed by atoms with E-state index in [1.807, 2.05) is 0 Å². The molecule has 0 N–H and O–H groups in total. The van der Waals surface area contributed by atoms with Gasteiger partial charge in [0.1, 0.15) is 17.4 Å². The molecule has 3 aliphatic rings. The quantitative estimate of drug-likeness (QED) is 0.186. The van der Waals surface area contributed by atoms with E-state index in [0.29, 0.717) is 5.92 Å². The summed E-state index contributed by atoms with van der Waals surface area (Å²) in [6.07, 6.45) is 13.7. The van der Waals surface area contributed by atoms with Gasteiger partial charge in [-0.2, -0.15) is 0 Å². The Hall–Kier alpha value is -4.39. The van der Waals surface area contributed by atoms with Crippen LogP contribution in [0.1, 0.15) is 55.2 Å². The molecule has 222 valence electrons. The number of fused-ring (bicyclic) bond motifs is 4. The van der Waals surface area contributed by atoms with E-state index in [9.17, 15) is 0 Å². The minimum atomic E-state index is -0.593. The second-order valence-corrected chi connectivity index (χ2v) is 15.6. The Balaban J connectivity index is 1.26. The zero-order valence-corrected chi connectivity index (χ0v) is 27.0. The van der Waals surface area contributed by atoms with Crippen LogP contribution in [0.2, 0.25) is 0 Å². The Kier molecular flexibility index (Phi) is 7.00. The predicted octanol–water partition coefficient (Wildman–Crippen LogP) is 10.0. The van der Waals surface area contributed by atoms with Crippen LogP contribution in [0.5, 0.6) is 0 Å². The van der Waals surface area contributed by atoms with Crippen molar-refractivity contribution in [2.24, 2.45) is 5.92 Å². The lowest BCUT2D eigenvalue weighted by Gasteiger charge is -2.42. The van der Waals surface area contributed by atoms with Gasteiger partial charge >= 0.3 is 0 Å². The summed E-state index contributed by atoms with van der Waals surface area (Å²) in [5.41, 5.74) is 8.79. The Bertz CT molecular complexity index is 2000. The summed E-state index contributed by atoms with van der Waals surface area (Å²) in [7, 11) is 1.66. The third-order valence-electron chi connectivity index (χ3n) is 9.87. The highest BCUT2D eigenvalue weighted by Gasteiger charge is 2.41. The van der Waals surface area contributed by atoms with Gasteiger partial charge in [-0.15, -0.1) is 0 Å². The van der Waals surface area contributed by atoms with Gasteiger partial charge < -0.3 is 9.32 Å². The van der Waals surface area contributed by atoms with E-state index in [2.05, 4.69) is 165 Å². The van der Waals surface area contributed by atoms with Crippen molar-refractivity contribution in [3.63, 3.8) is 0 Å². The maximum Gasteiger partial charge on any atom is 0.140 e. The molecule has 5 aromatic rings. The Morgan fingerprint density at radius 2 is 1.49 bits per heavy atom. The maximum atomic E-state index is 6.76. The van der Waals surface area contributed by atoms with E-state index in [1.54, 1.807) is 0 Å². The summed E-state index contributed by atoms with van der Waals surface area (Å²) >= 11 is 0. The minimum absolute atomic E-state index is 0.0318. The zero-order valence-electron chi connectivity index (χ0n) is 26.2. The highest BCUT2D eigenvalue weighted by atomic mass is 31.1. The van der Waals surface area contributed by atoms with Crippen molar-refractivity contribution in [3.8, 4) is 0 Å². The number of rotatable bonds is 5. The molecule has 2 aliphatic carbocycles. The van der Waals surface area contributed by atoms with Gasteiger partial charge in [0.25, 0.3) is 0 Å². The third kappa shape index (κ3) is 4.66. The molecule has 3 heteroatoms. The summed E-state index contributed by atoms with van der Waals surface area (Å²) in [4.78, 5) is 2.49. The highest BCUT2D eigenvalue weighted by Crippen LogP contribution is 2.55. The predicted molar refractivity (Wildman–Crippen MR) is 191 cm³/mol. The lowest BCUT2D eigenvalue weighted by Crippen LogP contribution is -2.34. The average Bonchev–Trinajstić information content (AvgIpc) is 3.46. The smallest absolute Gasteiger partial charge is 0.140 e. The van der Waals surface area contributed by atoms with Gasteiger partial charge in [0, 0.05) is 40.3 Å². The molecule has 8 rings (SSSR count). The molecule has 0 saturated carbocycles. The molecular formula is C42H38NOP. The number of hydrogen-bond acceptors (Lipinski definition) is 2. The van der Waals surface area contributed by atoms with E-state index < -0.39 is 7.92 Å². The molecule has 0 spiro atoms. The first-order valence-corrected chi connectivity index (χ1v) is 17.4. The van der Waals surface area contributed by atoms with E-state index in [4.69, 9.17) is 4.42 Å². The van der Waals surface area contributed by atoms with Crippen molar-refractivity contribution in [2.75, 3.05) is 7.05 Å². The van der Waals surface area contributed by atoms with E-state index in [0.717, 1.165) is 24.2 Å². The van der Waals surface area contributed by atoms with E-state index in [1.165, 1.54) is 49.5 Å². The first kappa shape index (κ1) is 28.1. The summed E-state index contributed by atoms with van der Waals surface area (Å²) < 4.78 is 6.76. The van der Waals surface area contributed by atoms with Crippen LogP contribution in [0.15, 0.2) is 150 Å². The van der Waals surface area contributed by atoms with Gasteiger partial charge in [-0.05, 0) is 54.1 Å². The summed E-state index contributed by atoms with van der Waals surface area (Å²) in [5, 5.41) is 4.11. The Morgan fingerprint density at radius 1 is 0.800 bits per heavy atom. The van der Waals surface area contributed by atoms with E-state index >= 15 is 0 Å². The second kappa shape index (κ2) is 11.2. The van der Waals surface area contributed by atoms with Crippen LogP contribution < -0.4 is 10.6 Å². The normalized spacial score (nSPS) is 23.1. The van der Waals surface area contributed by atoms with Gasteiger partial charge in [-0.25, -0.2) is 0 Å². The third-order valence-corrected chi connectivity index (χ3v) is 12.8. The van der Waals surface area contributed by atoms with Gasteiger partial charge in [-0.3, -0.25) is 0 Å². The van der Waals surface area contributed by atoms with Crippen LogP contribution in [-0.2, 0) is 0 Å². The molecule has 4 atom stereocenters. The van der Waals surface area contributed by atoms with Crippen molar-refractivity contribution in [1.82, 2.24) is 4.90 Å². The molecule has 4 unspecified atom stereocenters. The average molecular weight is 604 g/mol. The van der Waals surface area contributed by atoms with Crippen LogP contribution in [0.4, 0.5) is 0 Å². The molecule has 1 aliphatic heterocycles. The molecule has 4 aromatic carbocycles. The molecular weight excluding hydrogens is 565 g/mol. The number of furan rings is 1. The molecule has 0 amide bonds. The minimum Gasteiger partial charge on any atom is -0.458 e. The Labute approximate surface area is 267 Å². The zero-order chi connectivity index (χ0) is 30.5. The fourth-order valence-electron chi connectivity index (χ4n) is 7.77. The van der Waals surface area contributed by atoms with Crippen LogP contribution in [0.3, 0.4) is 0 Å². The lowest BCUT2D eigenvalue weighted by molar-refractivity contribution is 0.275. The number of nitrogens with zero attached hydrogens (tertiary/aromatic N) is 1. The number of para-hydroxylation sites is 1. The van der Waals surface area contributed by atoms with Gasteiger partial charge in [-0.1, -0.05) is 147 Å². The van der Waals surface area contributed by atoms with Crippen LogP contribution in [-0.4, -0.2) is 17.1 Å².